The van der Waals surface area contributed by atoms with Crippen molar-refractivity contribution in [3.05, 3.63) is 70.7 Å². The number of hydrogen-bond donors (Lipinski definition) is 1. The maximum Gasteiger partial charge on any atom is 0.203 e. The van der Waals surface area contributed by atoms with Crippen LogP contribution >= 0.6 is 0 Å². The molecule has 218 valence electrons. The summed E-state index contributed by atoms with van der Waals surface area (Å²) < 4.78 is 52.3. The lowest BCUT2D eigenvalue weighted by Gasteiger charge is -2.16. The second-order valence-electron chi connectivity index (χ2n) is 8.53. The highest BCUT2D eigenvalue weighted by Crippen LogP contribution is 2.42. The predicted octanol–water partition coefficient (Wildman–Crippen LogP) is 6.17. The van der Waals surface area contributed by atoms with E-state index in [1.807, 2.05) is 0 Å². The Morgan fingerprint density at radius 1 is 0.683 bits per heavy atom. The summed E-state index contributed by atoms with van der Waals surface area (Å²) in [5.74, 6) is 1.77. The highest BCUT2D eigenvalue weighted by Gasteiger charge is 2.20. The molecule has 0 aliphatic carbocycles. The molecule has 0 spiro atoms. The summed E-state index contributed by atoms with van der Waals surface area (Å²) in [6, 6.07) is 7.96. The zero-order valence-corrected chi connectivity index (χ0v) is 24.3. The van der Waals surface area contributed by atoms with Gasteiger partial charge in [0.1, 0.15) is 0 Å². The Labute approximate surface area is 239 Å². The van der Waals surface area contributed by atoms with Gasteiger partial charge in [0, 0.05) is 40.7 Å². The lowest BCUT2D eigenvalue weighted by Crippen LogP contribution is -2.05. The minimum atomic E-state index is -0.546. The molecule has 3 aromatic rings. The van der Waals surface area contributed by atoms with Gasteiger partial charge in [0.25, 0.3) is 0 Å². The van der Waals surface area contributed by atoms with Gasteiger partial charge in [-0.1, -0.05) is 12.2 Å². The van der Waals surface area contributed by atoms with E-state index in [1.54, 1.807) is 37.3 Å². The van der Waals surface area contributed by atoms with Gasteiger partial charge in [-0.2, -0.15) is 0 Å². The number of carbonyl (C=O) groups is 1. The molecule has 0 aliphatic heterocycles. The summed E-state index contributed by atoms with van der Waals surface area (Å²) in [7, 11) is 10.4. The van der Waals surface area contributed by atoms with Crippen LogP contribution in [0.4, 0.5) is 10.1 Å². The first-order valence-corrected chi connectivity index (χ1v) is 12.4. The summed E-state index contributed by atoms with van der Waals surface area (Å²) in [5.41, 5.74) is 2.69. The smallest absolute Gasteiger partial charge is 0.203 e. The average molecular weight is 568 g/mol. The van der Waals surface area contributed by atoms with E-state index in [-0.39, 0.29) is 11.5 Å². The monoisotopic (exact) mass is 567 g/mol. The van der Waals surface area contributed by atoms with Crippen LogP contribution in [0.15, 0.2) is 42.6 Å². The van der Waals surface area contributed by atoms with Crippen LogP contribution < -0.4 is 38.5 Å². The third-order valence-corrected chi connectivity index (χ3v) is 6.28. The molecule has 0 bridgehead atoms. The van der Waals surface area contributed by atoms with Crippen molar-refractivity contribution >= 4 is 23.6 Å². The molecule has 0 amide bonds. The molecule has 0 fully saturated rings. The van der Waals surface area contributed by atoms with Gasteiger partial charge in [-0.3, -0.25) is 4.79 Å². The Bertz CT molecular complexity index is 1440. The molecule has 3 aromatic carbocycles. The van der Waals surface area contributed by atoms with Crippen molar-refractivity contribution in [2.24, 2.45) is 0 Å². The molecule has 10 heteroatoms. The van der Waals surface area contributed by atoms with Crippen LogP contribution in [0.25, 0.3) is 12.2 Å². The maximum atomic E-state index is 14.7. The van der Waals surface area contributed by atoms with Crippen molar-refractivity contribution in [2.75, 3.05) is 55.1 Å². The number of ether oxygens (including phenoxy) is 7. The Balaban J connectivity index is 1.95. The van der Waals surface area contributed by atoms with E-state index in [0.29, 0.717) is 56.9 Å². The Morgan fingerprint density at radius 2 is 1.24 bits per heavy atom. The second-order valence-corrected chi connectivity index (χ2v) is 8.53. The number of benzene rings is 3. The minimum Gasteiger partial charge on any atom is -0.494 e. The Morgan fingerprint density at radius 3 is 1.78 bits per heavy atom. The molecule has 0 atom stereocenters. The standard InChI is InChI=1S/C31H34FNO8/c1-18-21(16-28(38-5)31(41-8)29(18)39-6)24(34)11-12-33-23-17-25(35-2)22(32)15-20(23)10-9-19-13-26(36-3)30(40-7)27(14-19)37-4/h9-17,33H,1-8H3/b10-9-,12-11-. The van der Waals surface area contributed by atoms with E-state index in [4.69, 9.17) is 33.2 Å². The van der Waals surface area contributed by atoms with Gasteiger partial charge in [0.05, 0.1) is 49.8 Å². The number of halogens is 1. The van der Waals surface area contributed by atoms with E-state index in [1.165, 1.54) is 74.2 Å². The highest BCUT2D eigenvalue weighted by atomic mass is 19.1. The molecular weight excluding hydrogens is 533 g/mol. The van der Waals surface area contributed by atoms with E-state index >= 15 is 0 Å². The molecular formula is C31H34FNO8. The SMILES string of the molecule is COc1cc(N/C=C\C(=O)c2cc(OC)c(OC)c(OC)c2C)c(/C=C\c2cc(OC)c(OC)c(OC)c2)cc1F. The lowest BCUT2D eigenvalue weighted by molar-refractivity contribution is 0.104. The van der Waals surface area contributed by atoms with Crippen LogP contribution in [-0.4, -0.2) is 55.6 Å². The fraction of sp³-hybridized carbons (Fsp3) is 0.258. The van der Waals surface area contributed by atoms with E-state index in [0.717, 1.165) is 5.56 Å². The highest BCUT2D eigenvalue weighted by molar-refractivity contribution is 6.06. The molecule has 0 saturated heterocycles. The topological polar surface area (TPSA) is 93.7 Å². The van der Waals surface area contributed by atoms with Gasteiger partial charge < -0.3 is 38.5 Å². The Hall–Kier alpha value is -4.86. The van der Waals surface area contributed by atoms with Gasteiger partial charge >= 0.3 is 0 Å². The summed E-state index contributed by atoms with van der Waals surface area (Å²) in [5, 5.41) is 3.06. The summed E-state index contributed by atoms with van der Waals surface area (Å²) in [6.07, 6.45) is 6.31. The number of methoxy groups -OCH3 is 7. The number of nitrogens with one attached hydrogen (secondary N) is 1. The van der Waals surface area contributed by atoms with Crippen molar-refractivity contribution in [3.8, 4) is 40.2 Å². The van der Waals surface area contributed by atoms with Crippen LogP contribution in [0.1, 0.15) is 27.0 Å². The molecule has 9 nitrogen and oxygen atoms in total. The van der Waals surface area contributed by atoms with Crippen molar-refractivity contribution in [3.63, 3.8) is 0 Å². The van der Waals surface area contributed by atoms with Gasteiger partial charge in [0.15, 0.2) is 40.3 Å². The predicted molar refractivity (Wildman–Crippen MR) is 156 cm³/mol. The first kappa shape index (κ1) is 30.7. The number of allylic oxidation sites excluding steroid dienone is 1. The number of hydrogen-bond acceptors (Lipinski definition) is 9. The van der Waals surface area contributed by atoms with Crippen molar-refractivity contribution in [2.45, 2.75) is 6.92 Å². The van der Waals surface area contributed by atoms with Crippen molar-refractivity contribution in [1.29, 1.82) is 0 Å². The fourth-order valence-electron chi connectivity index (χ4n) is 4.22. The minimum absolute atomic E-state index is 0.0395. The normalized spacial score (nSPS) is 11.0. The third-order valence-electron chi connectivity index (χ3n) is 6.28. The first-order valence-electron chi connectivity index (χ1n) is 12.4. The summed E-state index contributed by atoms with van der Waals surface area (Å²) >= 11 is 0. The largest absolute Gasteiger partial charge is 0.494 e. The first-order chi connectivity index (χ1) is 19.8. The molecule has 1 N–H and O–H groups in total. The molecule has 3 rings (SSSR count). The third kappa shape index (κ3) is 6.66. The van der Waals surface area contributed by atoms with Gasteiger partial charge in [-0.25, -0.2) is 4.39 Å². The van der Waals surface area contributed by atoms with Crippen LogP contribution in [-0.2, 0) is 0 Å². The molecule has 0 aromatic heterocycles. The fourth-order valence-corrected chi connectivity index (χ4v) is 4.22. The van der Waals surface area contributed by atoms with E-state index < -0.39 is 5.82 Å². The van der Waals surface area contributed by atoms with Crippen molar-refractivity contribution < 1.29 is 42.3 Å². The second kappa shape index (κ2) is 14.0. The van der Waals surface area contributed by atoms with E-state index in [9.17, 15) is 9.18 Å². The van der Waals surface area contributed by atoms with Crippen LogP contribution in [0, 0.1) is 12.7 Å². The van der Waals surface area contributed by atoms with Crippen LogP contribution in [0.3, 0.4) is 0 Å². The van der Waals surface area contributed by atoms with Crippen molar-refractivity contribution in [1.82, 2.24) is 0 Å². The number of carbonyl (C=O) groups excluding carboxylic acids is 1. The molecule has 0 heterocycles. The average Bonchev–Trinajstić information content (AvgIpc) is 2.99. The number of rotatable bonds is 13. The number of ketones is 1. The molecule has 41 heavy (non-hydrogen) atoms. The number of anilines is 1. The molecule has 0 radical (unpaired) electrons. The molecule has 0 unspecified atom stereocenters. The van der Waals surface area contributed by atoms with Crippen LogP contribution in [0.2, 0.25) is 0 Å². The summed E-state index contributed by atoms with van der Waals surface area (Å²) in [4.78, 5) is 13.1. The van der Waals surface area contributed by atoms with Gasteiger partial charge in [-0.15, -0.1) is 0 Å². The quantitative estimate of drug-likeness (QED) is 0.148. The van der Waals surface area contributed by atoms with Crippen LogP contribution in [0.5, 0.6) is 40.2 Å². The van der Waals surface area contributed by atoms with E-state index in [2.05, 4.69) is 5.32 Å². The molecule has 0 saturated carbocycles. The maximum absolute atomic E-state index is 14.7. The van der Waals surface area contributed by atoms with Gasteiger partial charge in [0.2, 0.25) is 11.5 Å². The zero-order chi connectivity index (χ0) is 30.1. The Kier molecular flexibility index (Phi) is 10.5. The molecule has 0 aliphatic rings. The lowest BCUT2D eigenvalue weighted by atomic mass is 10.0. The summed E-state index contributed by atoms with van der Waals surface area (Å²) in [6.45, 7) is 1.76. The zero-order valence-electron chi connectivity index (χ0n) is 24.3. The van der Waals surface area contributed by atoms with Gasteiger partial charge in [-0.05, 0) is 36.8 Å².